The monoisotopic (exact) mass is 276 g/mol. The van der Waals surface area contributed by atoms with Gasteiger partial charge in [0.15, 0.2) is 5.78 Å². The first-order chi connectivity index (χ1) is 8.97. The van der Waals surface area contributed by atoms with Crippen molar-refractivity contribution in [2.75, 3.05) is 0 Å². The molecule has 0 aromatic heterocycles. The van der Waals surface area contributed by atoms with Crippen molar-refractivity contribution in [1.82, 2.24) is 0 Å². The van der Waals surface area contributed by atoms with E-state index >= 15 is 0 Å². The van der Waals surface area contributed by atoms with E-state index in [4.69, 9.17) is 11.6 Å². The van der Waals surface area contributed by atoms with Crippen LogP contribution in [0.2, 0.25) is 5.02 Å². The topological polar surface area (TPSA) is 17.1 Å². The minimum absolute atomic E-state index is 0.0241. The number of rotatable bonds is 3. The molecule has 0 amide bonds. The highest BCUT2D eigenvalue weighted by Gasteiger charge is 2.13. The fourth-order valence-corrected chi connectivity index (χ4v) is 2.27. The largest absolute Gasteiger partial charge is 0.294 e. The minimum Gasteiger partial charge on any atom is -0.294 e. The fraction of sp³-hybridized carbons (Fsp3) is 0.188. The molecule has 3 heteroatoms. The Kier molecular flexibility index (Phi) is 4.01. The zero-order chi connectivity index (χ0) is 14.0. The van der Waals surface area contributed by atoms with E-state index in [1.807, 2.05) is 26.0 Å². The first kappa shape index (κ1) is 13.8. The smallest absolute Gasteiger partial charge is 0.167 e. The van der Waals surface area contributed by atoms with Crippen molar-refractivity contribution in [3.05, 3.63) is 69.5 Å². The predicted octanol–water partition coefficient (Wildman–Crippen LogP) is 4.52. The lowest BCUT2D eigenvalue weighted by atomic mass is 9.97. The molecule has 98 valence electrons. The molecule has 2 aromatic rings. The van der Waals surface area contributed by atoms with Gasteiger partial charge in [-0.25, -0.2) is 4.39 Å². The number of ketones is 1. The first-order valence-corrected chi connectivity index (χ1v) is 6.39. The zero-order valence-corrected chi connectivity index (χ0v) is 11.6. The van der Waals surface area contributed by atoms with Gasteiger partial charge in [0.2, 0.25) is 0 Å². The molecule has 0 aliphatic rings. The summed E-state index contributed by atoms with van der Waals surface area (Å²) < 4.78 is 13.6. The molecular weight excluding hydrogens is 263 g/mol. The molecule has 0 spiro atoms. The van der Waals surface area contributed by atoms with E-state index in [1.165, 1.54) is 18.2 Å². The molecule has 0 bridgehead atoms. The Bertz CT molecular complexity index is 635. The van der Waals surface area contributed by atoms with Crippen molar-refractivity contribution in [3.63, 3.8) is 0 Å². The van der Waals surface area contributed by atoms with E-state index in [0.717, 1.165) is 11.1 Å². The Morgan fingerprint density at radius 3 is 2.58 bits per heavy atom. The van der Waals surface area contributed by atoms with E-state index < -0.39 is 5.82 Å². The SMILES string of the molecule is Cc1ccc(C(=O)Cc2cc(Cl)ccc2F)c(C)c1. The fourth-order valence-electron chi connectivity index (χ4n) is 2.07. The third-order valence-electron chi connectivity index (χ3n) is 3.04. The van der Waals surface area contributed by atoms with Crippen molar-refractivity contribution in [1.29, 1.82) is 0 Å². The number of hydrogen-bond acceptors (Lipinski definition) is 1. The number of Topliss-reactive ketones (excluding diaryl/α,β-unsaturated/α-hetero) is 1. The van der Waals surface area contributed by atoms with Crippen molar-refractivity contribution < 1.29 is 9.18 Å². The van der Waals surface area contributed by atoms with Gasteiger partial charge >= 0.3 is 0 Å². The molecule has 0 N–H and O–H groups in total. The lowest BCUT2D eigenvalue weighted by molar-refractivity contribution is 0.0991. The summed E-state index contributed by atoms with van der Waals surface area (Å²) in [7, 11) is 0. The molecular formula is C16H14ClFO. The Morgan fingerprint density at radius 1 is 1.16 bits per heavy atom. The molecule has 0 radical (unpaired) electrons. The maximum Gasteiger partial charge on any atom is 0.167 e. The van der Waals surface area contributed by atoms with Crippen LogP contribution < -0.4 is 0 Å². The predicted molar refractivity (Wildman–Crippen MR) is 75.4 cm³/mol. The van der Waals surface area contributed by atoms with Gasteiger partial charge < -0.3 is 0 Å². The average molecular weight is 277 g/mol. The molecule has 0 unspecified atom stereocenters. The highest BCUT2D eigenvalue weighted by atomic mass is 35.5. The van der Waals surface area contributed by atoms with E-state index in [0.29, 0.717) is 16.1 Å². The summed E-state index contributed by atoms with van der Waals surface area (Å²) in [6, 6.07) is 9.87. The van der Waals surface area contributed by atoms with E-state index in [-0.39, 0.29) is 12.2 Å². The van der Waals surface area contributed by atoms with Crippen LogP contribution >= 0.6 is 11.6 Å². The van der Waals surface area contributed by atoms with Crippen LogP contribution in [0.15, 0.2) is 36.4 Å². The third-order valence-corrected chi connectivity index (χ3v) is 3.28. The van der Waals surface area contributed by atoms with Crippen LogP contribution in [0.5, 0.6) is 0 Å². The second-order valence-electron chi connectivity index (χ2n) is 4.65. The molecule has 0 aliphatic heterocycles. The number of halogens is 2. The van der Waals surface area contributed by atoms with E-state index in [1.54, 1.807) is 6.07 Å². The quantitative estimate of drug-likeness (QED) is 0.753. The highest BCUT2D eigenvalue weighted by Crippen LogP contribution is 2.18. The summed E-state index contributed by atoms with van der Waals surface area (Å²) in [5.41, 5.74) is 2.97. The Labute approximate surface area is 117 Å². The summed E-state index contributed by atoms with van der Waals surface area (Å²) in [6.45, 7) is 3.85. The summed E-state index contributed by atoms with van der Waals surface area (Å²) in [5.74, 6) is -0.499. The highest BCUT2D eigenvalue weighted by molar-refractivity contribution is 6.30. The Hall–Kier alpha value is -1.67. The van der Waals surface area contributed by atoms with Crippen LogP contribution in [0.3, 0.4) is 0 Å². The van der Waals surface area contributed by atoms with Gasteiger partial charge in [-0.15, -0.1) is 0 Å². The number of aryl methyl sites for hydroxylation is 2. The molecule has 0 fully saturated rings. The van der Waals surface area contributed by atoms with Crippen LogP contribution in [-0.2, 0) is 6.42 Å². The van der Waals surface area contributed by atoms with E-state index in [2.05, 4.69) is 0 Å². The molecule has 0 atom stereocenters. The molecule has 1 nitrogen and oxygen atoms in total. The van der Waals surface area contributed by atoms with Gasteiger partial charge in [0.25, 0.3) is 0 Å². The Balaban J connectivity index is 2.28. The molecule has 0 aliphatic carbocycles. The zero-order valence-electron chi connectivity index (χ0n) is 10.8. The first-order valence-electron chi connectivity index (χ1n) is 6.02. The van der Waals surface area contributed by atoms with Crippen molar-refractivity contribution in [2.45, 2.75) is 20.3 Å². The lowest BCUT2D eigenvalue weighted by Crippen LogP contribution is -2.07. The van der Waals surface area contributed by atoms with Gasteiger partial charge in [-0.2, -0.15) is 0 Å². The van der Waals surface area contributed by atoms with E-state index in [9.17, 15) is 9.18 Å². The van der Waals surface area contributed by atoms with Crippen LogP contribution in [0.4, 0.5) is 4.39 Å². The van der Waals surface area contributed by atoms with Crippen LogP contribution in [0, 0.1) is 19.7 Å². The van der Waals surface area contributed by atoms with Gasteiger partial charge in [-0.3, -0.25) is 4.79 Å². The molecule has 0 saturated carbocycles. The van der Waals surface area contributed by atoms with Crippen LogP contribution in [0.25, 0.3) is 0 Å². The average Bonchev–Trinajstić information content (AvgIpc) is 2.33. The van der Waals surface area contributed by atoms with Crippen molar-refractivity contribution in [3.8, 4) is 0 Å². The molecule has 0 saturated heterocycles. The number of carbonyl (C=O) groups excluding carboxylic acids is 1. The molecule has 2 rings (SSSR count). The third kappa shape index (κ3) is 3.21. The second-order valence-corrected chi connectivity index (χ2v) is 5.09. The van der Waals surface area contributed by atoms with Gasteiger partial charge in [-0.1, -0.05) is 35.4 Å². The molecule has 2 aromatic carbocycles. The second kappa shape index (κ2) is 5.54. The van der Waals surface area contributed by atoms with Gasteiger partial charge in [0.1, 0.15) is 5.82 Å². The normalized spacial score (nSPS) is 10.5. The molecule has 19 heavy (non-hydrogen) atoms. The van der Waals surface area contributed by atoms with Crippen molar-refractivity contribution in [2.24, 2.45) is 0 Å². The summed E-state index contributed by atoms with van der Waals surface area (Å²) in [6.07, 6.45) is 0.0241. The maximum absolute atomic E-state index is 13.6. The van der Waals surface area contributed by atoms with Gasteiger partial charge in [0, 0.05) is 17.0 Å². The van der Waals surface area contributed by atoms with Crippen LogP contribution in [0.1, 0.15) is 27.0 Å². The number of carbonyl (C=O) groups is 1. The summed E-state index contributed by atoms with van der Waals surface area (Å²) in [5, 5.41) is 0.435. The standard InChI is InChI=1S/C16H14ClFO/c1-10-3-5-14(11(2)7-10)16(19)9-12-8-13(17)4-6-15(12)18/h3-8H,9H2,1-2H3. The van der Waals surface area contributed by atoms with Gasteiger partial charge in [0.05, 0.1) is 0 Å². The molecule has 0 heterocycles. The minimum atomic E-state index is -0.400. The maximum atomic E-state index is 13.6. The van der Waals surface area contributed by atoms with Crippen molar-refractivity contribution >= 4 is 17.4 Å². The van der Waals surface area contributed by atoms with Crippen LogP contribution in [-0.4, -0.2) is 5.78 Å². The summed E-state index contributed by atoms with van der Waals surface area (Å²) >= 11 is 5.82. The number of hydrogen-bond donors (Lipinski definition) is 0. The summed E-state index contributed by atoms with van der Waals surface area (Å²) in [4.78, 5) is 12.2. The number of benzene rings is 2. The lowest BCUT2D eigenvalue weighted by Gasteiger charge is -2.07. The van der Waals surface area contributed by atoms with Gasteiger partial charge in [-0.05, 0) is 43.2 Å². The Morgan fingerprint density at radius 2 is 1.89 bits per heavy atom.